The van der Waals surface area contributed by atoms with E-state index in [2.05, 4.69) is 15.3 Å². The molecule has 0 aliphatic heterocycles. The zero-order valence-electron chi connectivity index (χ0n) is 12.4. The standard InChI is InChI=1S/C14H15F3N4S.HI/c1-8-3-4-10(5-9(8)2)20-13(18)19-6-12-21-11(7-22-12)14(15,16)17;/h3-5,7H,6H2,1-2H3,(H3,18,19,20);1H. The van der Waals surface area contributed by atoms with E-state index in [1.54, 1.807) is 0 Å². The van der Waals surface area contributed by atoms with Crippen LogP contribution in [0.15, 0.2) is 28.6 Å². The second-order valence-corrected chi connectivity index (χ2v) is 5.69. The molecule has 0 fully saturated rings. The predicted molar refractivity (Wildman–Crippen MR) is 97.4 cm³/mol. The summed E-state index contributed by atoms with van der Waals surface area (Å²) in [5, 5.41) is 4.13. The molecule has 0 saturated heterocycles. The van der Waals surface area contributed by atoms with Crippen LogP contribution in [0.25, 0.3) is 0 Å². The summed E-state index contributed by atoms with van der Waals surface area (Å²) in [7, 11) is 0. The van der Waals surface area contributed by atoms with E-state index in [0.717, 1.165) is 33.5 Å². The monoisotopic (exact) mass is 456 g/mol. The molecule has 3 N–H and O–H groups in total. The van der Waals surface area contributed by atoms with Gasteiger partial charge in [0.05, 0.1) is 6.54 Å². The molecule has 0 spiro atoms. The van der Waals surface area contributed by atoms with Gasteiger partial charge in [0, 0.05) is 11.1 Å². The third kappa shape index (κ3) is 5.65. The Kier molecular flexibility index (Phi) is 6.81. The molecule has 1 aromatic heterocycles. The Labute approximate surface area is 153 Å². The zero-order valence-corrected chi connectivity index (χ0v) is 15.6. The van der Waals surface area contributed by atoms with Gasteiger partial charge in [0.2, 0.25) is 0 Å². The van der Waals surface area contributed by atoms with Gasteiger partial charge in [-0.15, -0.1) is 35.3 Å². The average molecular weight is 456 g/mol. The van der Waals surface area contributed by atoms with Crippen LogP contribution in [0.2, 0.25) is 0 Å². The number of aryl methyl sites for hydroxylation is 2. The minimum absolute atomic E-state index is 0. The Morgan fingerprint density at radius 3 is 2.57 bits per heavy atom. The highest BCUT2D eigenvalue weighted by molar-refractivity contribution is 14.0. The molecule has 0 bridgehead atoms. The van der Waals surface area contributed by atoms with Gasteiger partial charge in [-0.25, -0.2) is 9.98 Å². The number of aromatic nitrogens is 1. The van der Waals surface area contributed by atoms with E-state index >= 15 is 0 Å². The zero-order chi connectivity index (χ0) is 16.3. The van der Waals surface area contributed by atoms with Crippen LogP contribution >= 0.6 is 35.3 Å². The minimum Gasteiger partial charge on any atom is -0.370 e. The fourth-order valence-corrected chi connectivity index (χ4v) is 2.40. The quantitative estimate of drug-likeness (QED) is 0.411. The van der Waals surface area contributed by atoms with Crippen molar-refractivity contribution in [2.24, 2.45) is 10.7 Å². The fraction of sp³-hybridized carbons (Fsp3) is 0.286. The molecule has 2 aromatic rings. The number of nitrogens with one attached hydrogen (secondary N) is 1. The SMILES string of the molecule is Cc1ccc(NC(N)=NCc2nc(C(F)(F)F)cs2)cc1C.I. The lowest BCUT2D eigenvalue weighted by Gasteiger charge is -2.07. The lowest BCUT2D eigenvalue weighted by atomic mass is 10.1. The molecule has 0 aliphatic carbocycles. The Balaban J connectivity index is 0.00000264. The summed E-state index contributed by atoms with van der Waals surface area (Å²) in [6, 6.07) is 5.72. The lowest BCUT2D eigenvalue weighted by molar-refractivity contribution is -0.140. The van der Waals surface area contributed by atoms with Crippen molar-refractivity contribution in [1.82, 2.24) is 4.98 Å². The van der Waals surface area contributed by atoms with Crippen molar-refractivity contribution < 1.29 is 13.2 Å². The van der Waals surface area contributed by atoms with Gasteiger partial charge in [0.1, 0.15) is 5.01 Å². The maximum absolute atomic E-state index is 12.4. The molecule has 9 heteroatoms. The molecule has 0 atom stereocenters. The molecule has 0 radical (unpaired) electrons. The Bertz CT molecular complexity index is 698. The molecule has 0 aliphatic rings. The molecule has 0 unspecified atom stereocenters. The van der Waals surface area contributed by atoms with E-state index < -0.39 is 11.9 Å². The topological polar surface area (TPSA) is 63.3 Å². The summed E-state index contributed by atoms with van der Waals surface area (Å²) >= 11 is 0.908. The van der Waals surface area contributed by atoms with Crippen molar-refractivity contribution in [3.05, 3.63) is 45.4 Å². The van der Waals surface area contributed by atoms with Gasteiger partial charge in [-0.1, -0.05) is 6.07 Å². The van der Waals surface area contributed by atoms with Crippen LogP contribution in [0.5, 0.6) is 0 Å². The lowest BCUT2D eigenvalue weighted by Crippen LogP contribution is -2.22. The van der Waals surface area contributed by atoms with Gasteiger partial charge < -0.3 is 11.1 Å². The van der Waals surface area contributed by atoms with Gasteiger partial charge in [-0.05, 0) is 37.1 Å². The third-order valence-electron chi connectivity index (χ3n) is 3.01. The Morgan fingerprint density at radius 2 is 2.00 bits per heavy atom. The number of halogens is 4. The minimum atomic E-state index is -4.43. The van der Waals surface area contributed by atoms with Crippen LogP contribution in [-0.2, 0) is 12.7 Å². The number of nitrogens with two attached hydrogens (primary N) is 1. The maximum atomic E-state index is 12.4. The van der Waals surface area contributed by atoms with Crippen LogP contribution in [0, 0.1) is 13.8 Å². The summed E-state index contributed by atoms with van der Waals surface area (Å²) in [6.45, 7) is 3.98. The first kappa shape index (κ1) is 19.7. The molecular formula is C14H16F3IN4S. The Morgan fingerprint density at radius 1 is 1.30 bits per heavy atom. The van der Waals surface area contributed by atoms with E-state index in [9.17, 15) is 13.2 Å². The molecule has 126 valence electrons. The molecule has 1 aromatic carbocycles. The average Bonchev–Trinajstić information content (AvgIpc) is 2.89. The molecule has 1 heterocycles. The highest BCUT2D eigenvalue weighted by Gasteiger charge is 2.33. The number of anilines is 1. The van der Waals surface area contributed by atoms with Crippen molar-refractivity contribution in [1.29, 1.82) is 0 Å². The van der Waals surface area contributed by atoms with Gasteiger partial charge in [-0.3, -0.25) is 0 Å². The summed E-state index contributed by atoms with van der Waals surface area (Å²) in [5.41, 5.74) is 7.87. The normalized spacial score (nSPS) is 12.0. The second-order valence-electron chi connectivity index (χ2n) is 4.75. The van der Waals surface area contributed by atoms with E-state index in [1.165, 1.54) is 0 Å². The molecule has 2 rings (SSSR count). The number of thiazole rings is 1. The summed E-state index contributed by atoms with van der Waals surface area (Å²) < 4.78 is 37.3. The van der Waals surface area contributed by atoms with E-state index in [0.29, 0.717) is 0 Å². The van der Waals surface area contributed by atoms with Crippen LogP contribution < -0.4 is 11.1 Å². The maximum Gasteiger partial charge on any atom is 0.434 e. The van der Waals surface area contributed by atoms with Crippen molar-refractivity contribution in [3.63, 3.8) is 0 Å². The number of alkyl halides is 3. The number of benzene rings is 1. The molecule has 23 heavy (non-hydrogen) atoms. The smallest absolute Gasteiger partial charge is 0.370 e. The van der Waals surface area contributed by atoms with Crippen molar-refractivity contribution >= 4 is 47.0 Å². The van der Waals surface area contributed by atoms with Gasteiger partial charge >= 0.3 is 6.18 Å². The number of hydrogen-bond acceptors (Lipinski definition) is 3. The summed E-state index contributed by atoms with van der Waals surface area (Å²) in [4.78, 5) is 7.49. The molecular weight excluding hydrogens is 440 g/mol. The van der Waals surface area contributed by atoms with E-state index in [4.69, 9.17) is 5.73 Å². The van der Waals surface area contributed by atoms with E-state index in [-0.39, 0.29) is 41.5 Å². The summed E-state index contributed by atoms with van der Waals surface area (Å²) in [5.74, 6) is 0.131. The molecule has 0 amide bonds. The first-order chi connectivity index (χ1) is 10.3. The van der Waals surface area contributed by atoms with Gasteiger partial charge in [-0.2, -0.15) is 13.2 Å². The largest absolute Gasteiger partial charge is 0.434 e. The number of hydrogen-bond donors (Lipinski definition) is 2. The van der Waals surface area contributed by atoms with Crippen LogP contribution in [0.1, 0.15) is 21.8 Å². The van der Waals surface area contributed by atoms with Gasteiger partial charge in [0.15, 0.2) is 11.7 Å². The highest BCUT2D eigenvalue weighted by atomic mass is 127. The first-order valence-electron chi connectivity index (χ1n) is 6.41. The van der Waals surface area contributed by atoms with E-state index in [1.807, 2.05) is 32.0 Å². The second kappa shape index (κ2) is 7.95. The first-order valence-corrected chi connectivity index (χ1v) is 7.29. The van der Waals surface area contributed by atoms with Crippen molar-refractivity contribution in [2.45, 2.75) is 26.6 Å². The van der Waals surface area contributed by atoms with Crippen molar-refractivity contribution in [3.8, 4) is 0 Å². The molecule has 4 nitrogen and oxygen atoms in total. The number of rotatable bonds is 3. The van der Waals surface area contributed by atoms with Gasteiger partial charge in [0.25, 0.3) is 0 Å². The predicted octanol–water partition coefficient (Wildman–Crippen LogP) is 4.32. The third-order valence-corrected chi connectivity index (χ3v) is 3.84. The number of guanidine groups is 1. The fourth-order valence-electron chi connectivity index (χ4n) is 1.67. The Hall–Kier alpha value is -1.36. The van der Waals surface area contributed by atoms with Crippen LogP contribution in [0.3, 0.4) is 0 Å². The summed E-state index contributed by atoms with van der Waals surface area (Å²) in [6.07, 6.45) is -4.43. The molecule has 0 saturated carbocycles. The van der Waals surface area contributed by atoms with Crippen LogP contribution in [-0.4, -0.2) is 10.9 Å². The highest BCUT2D eigenvalue weighted by Crippen LogP contribution is 2.30. The van der Waals surface area contributed by atoms with Crippen molar-refractivity contribution in [2.75, 3.05) is 5.32 Å². The number of nitrogens with zero attached hydrogens (tertiary/aromatic N) is 2. The van der Waals surface area contributed by atoms with Crippen LogP contribution in [0.4, 0.5) is 18.9 Å². The number of aliphatic imine (C=N–C) groups is 1.